The van der Waals surface area contributed by atoms with Gasteiger partial charge < -0.3 is 19.9 Å². The summed E-state index contributed by atoms with van der Waals surface area (Å²) in [6.45, 7) is 1.49. The van der Waals surface area contributed by atoms with Crippen LogP contribution in [0.15, 0.2) is 29.3 Å². The van der Waals surface area contributed by atoms with Gasteiger partial charge in [-0.15, -0.1) is 0 Å². The number of amidine groups is 1. The molecule has 1 aromatic carbocycles. The van der Waals surface area contributed by atoms with Crippen molar-refractivity contribution in [2.45, 2.75) is 38.1 Å². The van der Waals surface area contributed by atoms with Crippen molar-refractivity contribution in [1.29, 1.82) is 0 Å². The van der Waals surface area contributed by atoms with Crippen LogP contribution in [0.3, 0.4) is 0 Å². The fourth-order valence-electron chi connectivity index (χ4n) is 3.86. The number of nitrogens with zero attached hydrogens (tertiary/aromatic N) is 4. The van der Waals surface area contributed by atoms with Gasteiger partial charge in [0, 0.05) is 30.2 Å². The summed E-state index contributed by atoms with van der Waals surface area (Å²) in [5, 5.41) is 14.1. The highest BCUT2D eigenvalue weighted by atomic mass is 16.6. The van der Waals surface area contributed by atoms with Gasteiger partial charge in [-0.05, 0) is 56.4 Å². The van der Waals surface area contributed by atoms with Crippen molar-refractivity contribution in [3.8, 4) is 5.75 Å². The highest BCUT2D eigenvalue weighted by Gasteiger charge is 2.30. The molecule has 0 radical (unpaired) electrons. The Bertz CT molecular complexity index is 820. The molecule has 0 spiro atoms. The van der Waals surface area contributed by atoms with Gasteiger partial charge in [0.2, 0.25) is 11.8 Å². The van der Waals surface area contributed by atoms with Gasteiger partial charge in [-0.1, -0.05) is 0 Å². The van der Waals surface area contributed by atoms with Crippen LogP contribution in [-0.4, -0.2) is 78.2 Å². The molecule has 1 atom stereocenters. The number of hydrogen-bond donors (Lipinski definition) is 1. The van der Waals surface area contributed by atoms with Gasteiger partial charge in [0.15, 0.2) is 5.84 Å². The fraction of sp³-hybridized carbons (Fsp3) is 0.571. The largest absolute Gasteiger partial charge is 0.497 e. The number of hydrogen-bond acceptors (Lipinski definition) is 6. The zero-order valence-corrected chi connectivity index (χ0v) is 17.8. The Kier molecular flexibility index (Phi) is 7.80. The van der Waals surface area contributed by atoms with Crippen molar-refractivity contribution >= 4 is 23.3 Å². The SMILES string of the molecule is COc1ccc(NC(C[N+](=O)[O-])=NC2CCCCN(CC(=O)N3CCCC3)C2=O)cc1. The molecule has 168 valence electrons. The number of carbonyl (C=O) groups is 2. The maximum absolute atomic E-state index is 13.1. The first-order chi connectivity index (χ1) is 15.0. The molecule has 0 bridgehead atoms. The molecule has 1 aromatic rings. The van der Waals surface area contributed by atoms with Crippen LogP contribution in [0.5, 0.6) is 5.75 Å². The lowest BCUT2D eigenvalue weighted by Crippen LogP contribution is -2.45. The summed E-state index contributed by atoms with van der Waals surface area (Å²) in [4.78, 5) is 44.1. The second kappa shape index (κ2) is 10.7. The predicted octanol–water partition coefficient (Wildman–Crippen LogP) is 1.79. The number of amides is 2. The summed E-state index contributed by atoms with van der Waals surface area (Å²) in [6, 6.07) is 6.17. The van der Waals surface area contributed by atoms with Gasteiger partial charge in [-0.25, -0.2) is 0 Å². The highest BCUT2D eigenvalue weighted by molar-refractivity contribution is 5.98. The molecular formula is C21H29N5O5. The Morgan fingerprint density at radius 2 is 1.87 bits per heavy atom. The summed E-state index contributed by atoms with van der Waals surface area (Å²) in [7, 11) is 1.56. The van der Waals surface area contributed by atoms with E-state index in [2.05, 4.69) is 10.3 Å². The lowest BCUT2D eigenvalue weighted by atomic mass is 10.1. The predicted molar refractivity (Wildman–Crippen MR) is 116 cm³/mol. The molecule has 0 aliphatic carbocycles. The highest BCUT2D eigenvalue weighted by Crippen LogP contribution is 2.18. The number of rotatable bonds is 7. The van der Waals surface area contributed by atoms with Gasteiger partial charge in [0.25, 0.3) is 6.54 Å². The van der Waals surface area contributed by atoms with Crippen LogP contribution < -0.4 is 10.1 Å². The summed E-state index contributed by atoms with van der Waals surface area (Å²) in [6.07, 6.45) is 4.03. The molecule has 10 nitrogen and oxygen atoms in total. The van der Waals surface area contributed by atoms with Crippen molar-refractivity contribution in [2.24, 2.45) is 4.99 Å². The van der Waals surface area contributed by atoms with E-state index < -0.39 is 17.5 Å². The smallest absolute Gasteiger partial charge is 0.260 e. The average molecular weight is 431 g/mol. The number of methoxy groups -OCH3 is 1. The molecule has 2 aliphatic heterocycles. The first-order valence-corrected chi connectivity index (χ1v) is 10.6. The number of ether oxygens (including phenoxy) is 1. The van der Waals surface area contributed by atoms with Crippen LogP contribution >= 0.6 is 0 Å². The Morgan fingerprint density at radius 1 is 1.19 bits per heavy atom. The normalized spacial score (nSPS) is 19.8. The molecule has 2 fully saturated rings. The number of anilines is 1. The van der Waals surface area contributed by atoms with E-state index in [1.807, 2.05) is 0 Å². The minimum Gasteiger partial charge on any atom is -0.497 e. The maximum Gasteiger partial charge on any atom is 0.260 e. The molecule has 2 amide bonds. The summed E-state index contributed by atoms with van der Waals surface area (Å²) < 4.78 is 5.12. The molecular weight excluding hydrogens is 402 g/mol. The number of aliphatic imine (C=N–C) groups is 1. The van der Waals surface area contributed by atoms with Crippen LogP contribution in [0.2, 0.25) is 0 Å². The van der Waals surface area contributed by atoms with Gasteiger partial charge in [-0.2, -0.15) is 0 Å². The number of benzene rings is 1. The van der Waals surface area contributed by atoms with E-state index in [0.717, 1.165) is 38.8 Å². The van der Waals surface area contributed by atoms with E-state index in [-0.39, 0.29) is 24.2 Å². The van der Waals surface area contributed by atoms with Crippen LogP contribution in [0, 0.1) is 10.1 Å². The molecule has 0 saturated carbocycles. The molecule has 2 heterocycles. The van der Waals surface area contributed by atoms with Gasteiger partial charge in [-0.3, -0.25) is 24.7 Å². The van der Waals surface area contributed by atoms with Crippen LogP contribution in [0.25, 0.3) is 0 Å². The number of nitro groups is 1. The van der Waals surface area contributed by atoms with Crippen LogP contribution in [-0.2, 0) is 9.59 Å². The minimum absolute atomic E-state index is 0.0430. The molecule has 2 aliphatic rings. The maximum atomic E-state index is 13.1. The molecule has 2 saturated heterocycles. The van der Waals surface area contributed by atoms with E-state index in [9.17, 15) is 19.7 Å². The van der Waals surface area contributed by atoms with E-state index in [4.69, 9.17) is 4.74 Å². The minimum atomic E-state index is -0.741. The monoisotopic (exact) mass is 431 g/mol. The Morgan fingerprint density at radius 3 is 2.52 bits per heavy atom. The van der Waals surface area contributed by atoms with Crippen LogP contribution in [0.4, 0.5) is 5.69 Å². The number of carbonyl (C=O) groups excluding carboxylic acids is 2. The first-order valence-electron chi connectivity index (χ1n) is 10.6. The van der Waals surface area contributed by atoms with Crippen LogP contribution in [0.1, 0.15) is 32.1 Å². The second-order valence-corrected chi connectivity index (χ2v) is 7.78. The van der Waals surface area contributed by atoms with E-state index >= 15 is 0 Å². The summed E-state index contributed by atoms with van der Waals surface area (Å²) >= 11 is 0. The zero-order chi connectivity index (χ0) is 22.2. The first kappa shape index (κ1) is 22.5. The van der Waals surface area contributed by atoms with Crippen molar-refractivity contribution in [3.05, 3.63) is 34.4 Å². The van der Waals surface area contributed by atoms with Crippen molar-refractivity contribution < 1.29 is 19.2 Å². The molecule has 31 heavy (non-hydrogen) atoms. The number of nitrogens with one attached hydrogen (secondary N) is 1. The van der Waals surface area contributed by atoms with E-state index in [0.29, 0.717) is 24.4 Å². The topological polar surface area (TPSA) is 117 Å². The molecule has 1 unspecified atom stereocenters. The third kappa shape index (κ3) is 6.40. The third-order valence-electron chi connectivity index (χ3n) is 5.51. The van der Waals surface area contributed by atoms with Gasteiger partial charge >= 0.3 is 0 Å². The Labute approximate surface area is 181 Å². The Balaban J connectivity index is 1.73. The van der Waals surface area contributed by atoms with Gasteiger partial charge in [0.1, 0.15) is 11.8 Å². The average Bonchev–Trinajstić information content (AvgIpc) is 3.24. The van der Waals surface area contributed by atoms with Crippen molar-refractivity contribution in [2.75, 3.05) is 45.2 Å². The van der Waals surface area contributed by atoms with E-state index in [1.165, 1.54) is 0 Å². The fourth-order valence-corrected chi connectivity index (χ4v) is 3.86. The van der Waals surface area contributed by atoms with Crippen molar-refractivity contribution in [1.82, 2.24) is 9.80 Å². The second-order valence-electron chi connectivity index (χ2n) is 7.78. The summed E-state index contributed by atoms with van der Waals surface area (Å²) in [5.74, 6) is 0.483. The molecule has 3 rings (SSSR count). The standard InChI is InChI=1S/C21H29N5O5/c1-31-17-9-7-16(8-10-17)22-19(14-26(29)30)23-18-6-2-3-13-25(21(18)28)15-20(27)24-11-4-5-12-24/h7-10,18H,2-6,11-15H2,1H3,(H,22,23). The Hall–Kier alpha value is -3.17. The van der Waals surface area contributed by atoms with Gasteiger partial charge in [0.05, 0.1) is 13.7 Å². The zero-order valence-electron chi connectivity index (χ0n) is 17.8. The quantitative estimate of drug-likeness (QED) is 0.304. The third-order valence-corrected chi connectivity index (χ3v) is 5.51. The summed E-state index contributed by atoms with van der Waals surface area (Å²) in [5.41, 5.74) is 0.614. The van der Waals surface area contributed by atoms with E-state index in [1.54, 1.807) is 41.2 Å². The molecule has 0 aromatic heterocycles. The molecule has 10 heteroatoms. The number of likely N-dealkylation sites (tertiary alicyclic amines) is 2. The lowest BCUT2D eigenvalue weighted by molar-refractivity contribution is -0.463. The lowest BCUT2D eigenvalue weighted by Gasteiger charge is -2.25. The van der Waals surface area contributed by atoms with Crippen molar-refractivity contribution in [3.63, 3.8) is 0 Å². The molecule has 1 N–H and O–H groups in total.